The Balaban J connectivity index is 1.71. The van der Waals surface area contributed by atoms with Gasteiger partial charge in [-0.15, -0.1) is 0 Å². The Labute approximate surface area is 160 Å². The summed E-state index contributed by atoms with van der Waals surface area (Å²) >= 11 is 0. The average molecular weight is 394 g/mol. The van der Waals surface area contributed by atoms with Crippen LogP contribution >= 0.6 is 0 Å². The van der Waals surface area contributed by atoms with E-state index < -0.39 is 10.1 Å². The second kappa shape index (κ2) is 8.31. The molecule has 1 aromatic carbocycles. The standard InChI is InChI=1S/C19H26N2O5S/c1-24-18-12-15-16(13-19(18)25-2)20-8-4-17(15)21-9-5-14(6-10-21)7-11-26-27(3,22)23/h4,8,12-14H,5-7,9-11H2,1-3H3. The number of piperidine rings is 1. The lowest BCUT2D eigenvalue weighted by Gasteiger charge is -2.34. The van der Waals surface area contributed by atoms with Crippen molar-refractivity contribution in [2.75, 3.05) is 45.1 Å². The number of rotatable bonds is 7. The minimum absolute atomic E-state index is 0.263. The SMILES string of the molecule is COc1cc2nccc(N3CCC(CCOS(C)(=O)=O)CC3)c2cc1OC. The fraction of sp³-hybridized carbons (Fsp3) is 0.526. The van der Waals surface area contributed by atoms with Crippen LogP contribution in [0, 0.1) is 5.92 Å². The molecule has 8 heteroatoms. The van der Waals surface area contributed by atoms with Crippen LogP contribution in [0.25, 0.3) is 10.9 Å². The van der Waals surface area contributed by atoms with Crippen LogP contribution in [-0.2, 0) is 14.3 Å². The summed E-state index contributed by atoms with van der Waals surface area (Å²) in [6.45, 7) is 2.09. The van der Waals surface area contributed by atoms with Crippen molar-refractivity contribution in [3.8, 4) is 11.5 Å². The van der Waals surface area contributed by atoms with Gasteiger partial charge in [-0.3, -0.25) is 9.17 Å². The van der Waals surface area contributed by atoms with E-state index in [0.29, 0.717) is 17.4 Å². The number of anilines is 1. The van der Waals surface area contributed by atoms with Crippen LogP contribution in [0.3, 0.4) is 0 Å². The number of hydrogen-bond acceptors (Lipinski definition) is 7. The van der Waals surface area contributed by atoms with Crippen molar-refractivity contribution in [1.29, 1.82) is 0 Å². The highest BCUT2D eigenvalue weighted by Gasteiger charge is 2.22. The van der Waals surface area contributed by atoms with Gasteiger partial charge in [0.1, 0.15) is 0 Å². The number of aromatic nitrogens is 1. The fourth-order valence-corrected chi connectivity index (χ4v) is 3.96. The van der Waals surface area contributed by atoms with E-state index in [9.17, 15) is 8.42 Å². The molecule has 27 heavy (non-hydrogen) atoms. The predicted octanol–water partition coefficient (Wildman–Crippen LogP) is 2.83. The highest BCUT2D eigenvalue weighted by Crippen LogP contribution is 2.37. The van der Waals surface area contributed by atoms with Crippen molar-refractivity contribution in [2.24, 2.45) is 5.92 Å². The molecule has 0 saturated carbocycles. The molecule has 2 heterocycles. The Morgan fingerprint density at radius 2 is 1.81 bits per heavy atom. The quantitative estimate of drug-likeness (QED) is 0.668. The highest BCUT2D eigenvalue weighted by molar-refractivity contribution is 7.85. The van der Waals surface area contributed by atoms with E-state index in [1.807, 2.05) is 24.4 Å². The van der Waals surface area contributed by atoms with E-state index >= 15 is 0 Å². The van der Waals surface area contributed by atoms with Gasteiger partial charge in [-0.25, -0.2) is 0 Å². The first-order valence-corrected chi connectivity index (χ1v) is 10.8. The van der Waals surface area contributed by atoms with E-state index in [1.165, 1.54) is 0 Å². The zero-order valence-corrected chi connectivity index (χ0v) is 16.8. The van der Waals surface area contributed by atoms with E-state index in [-0.39, 0.29) is 6.61 Å². The molecule has 1 aliphatic rings. The maximum atomic E-state index is 11.1. The Kier molecular flexibility index (Phi) is 6.06. The van der Waals surface area contributed by atoms with E-state index in [4.69, 9.17) is 13.7 Å². The molecule has 0 radical (unpaired) electrons. The maximum absolute atomic E-state index is 11.1. The van der Waals surface area contributed by atoms with Crippen molar-refractivity contribution >= 4 is 26.7 Å². The molecule has 0 bridgehead atoms. The molecule has 7 nitrogen and oxygen atoms in total. The van der Waals surface area contributed by atoms with Crippen LogP contribution in [0.4, 0.5) is 5.69 Å². The Morgan fingerprint density at radius 1 is 1.15 bits per heavy atom. The van der Waals surface area contributed by atoms with Gasteiger partial charge in [0.15, 0.2) is 11.5 Å². The summed E-state index contributed by atoms with van der Waals surface area (Å²) < 4.78 is 37.8. The van der Waals surface area contributed by atoms with Gasteiger partial charge >= 0.3 is 0 Å². The van der Waals surface area contributed by atoms with Gasteiger partial charge in [0.05, 0.1) is 32.6 Å². The molecular formula is C19H26N2O5S. The molecule has 3 rings (SSSR count). The summed E-state index contributed by atoms with van der Waals surface area (Å²) in [5, 5.41) is 1.04. The molecule has 0 unspecified atom stereocenters. The van der Waals surface area contributed by atoms with Crippen LogP contribution in [0.5, 0.6) is 11.5 Å². The zero-order chi connectivity index (χ0) is 19.4. The van der Waals surface area contributed by atoms with Crippen molar-refractivity contribution in [2.45, 2.75) is 19.3 Å². The highest BCUT2D eigenvalue weighted by atomic mass is 32.2. The second-order valence-corrected chi connectivity index (χ2v) is 8.44. The number of benzene rings is 1. The topological polar surface area (TPSA) is 78.0 Å². The first kappa shape index (κ1) is 19.7. The van der Waals surface area contributed by atoms with Crippen molar-refractivity contribution in [3.05, 3.63) is 24.4 Å². The third-order valence-corrected chi connectivity index (χ3v) is 5.60. The van der Waals surface area contributed by atoms with E-state index in [1.54, 1.807) is 14.2 Å². The third-order valence-electron chi connectivity index (χ3n) is 5.00. The molecule has 0 atom stereocenters. The van der Waals surface area contributed by atoms with Crippen molar-refractivity contribution in [1.82, 2.24) is 4.98 Å². The molecule has 1 fully saturated rings. The predicted molar refractivity (Wildman–Crippen MR) is 105 cm³/mol. The summed E-state index contributed by atoms with van der Waals surface area (Å²) in [5.41, 5.74) is 2.00. The minimum Gasteiger partial charge on any atom is -0.493 e. The average Bonchev–Trinajstić information content (AvgIpc) is 2.66. The van der Waals surface area contributed by atoms with Crippen LogP contribution < -0.4 is 14.4 Å². The minimum atomic E-state index is -3.35. The summed E-state index contributed by atoms with van der Waals surface area (Å²) in [6.07, 6.45) is 5.68. The lowest BCUT2D eigenvalue weighted by molar-refractivity contribution is 0.264. The molecule has 1 aromatic heterocycles. The molecule has 148 valence electrons. The Hall–Kier alpha value is -2.06. The van der Waals surface area contributed by atoms with Crippen molar-refractivity contribution in [3.63, 3.8) is 0 Å². The normalized spacial score (nSPS) is 15.9. The van der Waals surface area contributed by atoms with Crippen LogP contribution in [0.2, 0.25) is 0 Å². The van der Waals surface area contributed by atoms with Crippen LogP contribution in [0.15, 0.2) is 24.4 Å². The monoisotopic (exact) mass is 394 g/mol. The first-order valence-electron chi connectivity index (χ1n) is 9.01. The van der Waals surface area contributed by atoms with Gasteiger partial charge in [-0.05, 0) is 37.3 Å². The Bertz CT molecular complexity index is 892. The van der Waals surface area contributed by atoms with Gasteiger partial charge in [0, 0.05) is 36.4 Å². The molecule has 1 saturated heterocycles. The van der Waals surface area contributed by atoms with Gasteiger partial charge in [-0.2, -0.15) is 8.42 Å². The largest absolute Gasteiger partial charge is 0.493 e. The Morgan fingerprint density at radius 3 is 2.44 bits per heavy atom. The van der Waals surface area contributed by atoms with Gasteiger partial charge in [-0.1, -0.05) is 0 Å². The molecule has 1 aliphatic heterocycles. The fourth-order valence-electron chi connectivity index (χ4n) is 3.56. The van der Waals surface area contributed by atoms with E-state index in [0.717, 1.165) is 55.2 Å². The number of methoxy groups -OCH3 is 2. The summed E-state index contributed by atoms with van der Waals surface area (Å²) in [5.74, 6) is 1.83. The second-order valence-electron chi connectivity index (χ2n) is 6.80. The third kappa shape index (κ3) is 4.81. The van der Waals surface area contributed by atoms with Gasteiger partial charge in [0.25, 0.3) is 10.1 Å². The number of pyridine rings is 1. The van der Waals surface area contributed by atoms with Crippen molar-refractivity contribution < 1.29 is 22.1 Å². The molecule has 0 aliphatic carbocycles. The summed E-state index contributed by atoms with van der Waals surface area (Å²) in [7, 11) is -0.109. The summed E-state index contributed by atoms with van der Waals surface area (Å²) in [6, 6.07) is 5.90. The number of fused-ring (bicyclic) bond motifs is 1. The smallest absolute Gasteiger partial charge is 0.264 e. The zero-order valence-electron chi connectivity index (χ0n) is 16.0. The van der Waals surface area contributed by atoms with Gasteiger partial charge in [0.2, 0.25) is 0 Å². The molecule has 0 spiro atoms. The molecular weight excluding hydrogens is 368 g/mol. The number of hydrogen-bond donors (Lipinski definition) is 0. The molecule has 0 amide bonds. The van der Waals surface area contributed by atoms with Crippen LogP contribution in [-0.4, -0.2) is 53.6 Å². The van der Waals surface area contributed by atoms with E-state index in [2.05, 4.69) is 9.88 Å². The first-order chi connectivity index (χ1) is 12.9. The van der Waals surface area contributed by atoms with Crippen LogP contribution in [0.1, 0.15) is 19.3 Å². The van der Waals surface area contributed by atoms with Gasteiger partial charge < -0.3 is 14.4 Å². The summed E-state index contributed by atoms with van der Waals surface area (Å²) in [4.78, 5) is 6.81. The lowest BCUT2D eigenvalue weighted by atomic mass is 9.93. The molecule has 2 aromatic rings. The number of nitrogens with zero attached hydrogens (tertiary/aromatic N) is 2. The molecule has 0 N–H and O–H groups in total. The maximum Gasteiger partial charge on any atom is 0.264 e. The number of ether oxygens (including phenoxy) is 2. The lowest BCUT2D eigenvalue weighted by Crippen LogP contribution is -2.34.